The molecule has 0 fully saturated rings. The van der Waals surface area contributed by atoms with Gasteiger partial charge in [-0.3, -0.25) is 9.59 Å². The number of benzene rings is 1. The van der Waals surface area contributed by atoms with Crippen LogP contribution in [-0.2, 0) is 9.59 Å². The van der Waals surface area contributed by atoms with Crippen LogP contribution in [-0.4, -0.2) is 27.3 Å². The van der Waals surface area contributed by atoms with Crippen molar-refractivity contribution in [2.75, 3.05) is 0 Å². The third-order valence-electron chi connectivity index (χ3n) is 0.756. The average molecular weight is 214 g/mol. The van der Waals surface area contributed by atoms with E-state index < -0.39 is 11.9 Å². The van der Waals surface area contributed by atoms with Crippen LogP contribution in [0.1, 0.15) is 13.8 Å². The van der Waals surface area contributed by atoms with E-state index in [0.29, 0.717) is 5.75 Å². The summed E-state index contributed by atoms with van der Waals surface area (Å²) < 4.78 is 0. The molecule has 5 nitrogen and oxygen atoms in total. The Labute approximate surface area is 87.6 Å². The Bertz CT molecular complexity index is 261. The molecule has 0 aliphatic carbocycles. The lowest BCUT2D eigenvalue weighted by atomic mass is 10.3. The summed E-state index contributed by atoms with van der Waals surface area (Å²) in [6.07, 6.45) is 0. The molecule has 84 valence electrons. The highest BCUT2D eigenvalue weighted by Crippen LogP contribution is 2.02. The Morgan fingerprint density at radius 2 is 1.20 bits per heavy atom. The fraction of sp³-hybridized carbons (Fsp3) is 0.200. The van der Waals surface area contributed by atoms with Crippen molar-refractivity contribution in [3.8, 4) is 5.75 Å². The maximum Gasteiger partial charge on any atom is 0.300 e. The van der Waals surface area contributed by atoms with Gasteiger partial charge in [-0.25, -0.2) is 0 Å². The lowest BCUT2D eigenvalue weighted by Crippen LogP contribution is -1.78. The predicted octanol–water partition coefficient (Wildman–Crippen LogP) is 1.57. The average Bonchev–Trinajstić information content (AvgIpc) is 2.03. The van der Waals surface area contributed by atoms with Gasteiger partial charge in [-0.2, -0.15) is 0 Å². The summed E-state index contributed by atoms with van der Waals surface area (Å²) in [6.45, 7) is 2.17. The molecule has 1 aromatic carbocycles. The van der Waals surface area contributed by atoms with Crippen molar-refractivity contribution < 1.29 is 24.9 Å². The van der Waals surface area contributed by atoms with E-state index in [1.165, 1.54) is 0 Å². The minimum atomic E-state index is -0.833. The standard InChI is InChI=1S/C6H6O.2C2H4O2/c7-6-4-2-1-3-5-6;2*1-2(3)4/h1-5,7H;2*1H3,(H,3,4). The number of aliphatic carboxylic acids is 2. The topological polar surface area (TPSA) is 94.8 Å². The van der Waals surface area contributed by atoms with Crippen molar-refractivity contribution in [2.24, 2.45) is 0 Å². The van der Waals surface area contributed by atoms with Crippen LogP contribution in [0.4, 0.5) is 0 Å². The Hall–Kier alpha value is -2.04. The van der Waals surface area contributed by atoms with Gasteiger partial charge in [0, 0.05) is 13.8 Å². The number of carboxylic acid groups (broad SMARTS) is 2. The zero-order valence-corrected chi connectivity index (χ0v) is 8.54. The highest BCUT2D eigenvalue weighted by Gasteiger charge is 1.74. The van der Waals surface area contributed by atoms with Gasteiger partial charge in [-0.05, 0) is 12.1 Å². The largest absolute Gasteiger partial charge is 0.508 e. The molecule has 0 atom stereocenters. The highest BCUT2D eigenvalue weighted by molar-refractivity contribution is 5.63. The van der Waals surface area contributed by atoms with Gasteiger partial charge in [0.2, 0.25) is 0 Å². The quantitative estimate of drug-likeness (QED) is 0.609. The van der Waals surface area contributed by atoms with Crippen LogP contribution >= 0.6 is 0 Å². The van der Waals surface area contributed by atoms with E-state index in [2.05, 4.69) is 0 Å². The first-order valence-corrected chi connectivity index (χ1v) is 3.99. The normalized spacial score (nSPS) is 7.33. The van der Waals surface area contributed by atoms with E-state index in [4.69, 9.17) is 24.9 Å². The van der Waals surface area contributed by atoms with Gasteiger partial charge in [-0.1, -0.05) is 18.2 Å². The summed E-state index contributed by atoms with van der Waals surface area (Å²) in [6, 6.07) is 8.71. The molecular weight excluding hydrogens is 200 g/mol. The number of carbonyl (C=O) groups is 2. The number of phenols is 1. The summed E-state index contributed by atoms with van der Waals surface area (Å²) in [5, 5.41) is 23.5. The third-order valence-corrected chi connectivity index (χ3v) is 0.756. The molecular formula is C10H14O5. The fourth-order valence-corrected chi connectivity index (χ4v) is 0.428. The van der Waals surface area contributed by atoms with Gasteiger partial charge < -0.3 is 15.3 Å². The first-order chi connectivity index (χ1) is 6.86. The fourth-order valence-electron chi connectivity index (χ4n) is 0.428. The Balaban J connectivity index is 0. The Morgan fingerprint density at radius 3 is 1.33 bits per heavy atom. The number of phenolic OH excluding ortho intramolecular Hbond substituents is 1. The molecule has 0 bridgehead atoms. The molecule has 1 aromatic rings. The van der Waals surface area contributed by atoms with Crippen LogP contribution in [0.2, 0.25) is 0 Å². The molecule has 0 heterocycles. The van der Waals surface area contributed by atoms with Crippen LogP contribution < -0.4 is 0 Å². The molecule has 0 saturated heterocycles. The van der Waals surface area contributed by atoms with Gasteiger partial charge in [-0.15, -0.1) is 0 Å². The minimum Gasteiger partial charge on any atom is -0.508 e. The zero-order chi connectivity index (χ0) is 12.3. The van der Waals surface area contributed by atoms with Crippen molar-refractivity contribution in [3.05, 3.63) is 30.3 Å². The van der Waals surface area contributed by atoms with Crippen molar-refractivity contribution in [1.82, 2.24) is 0 Å². The van der Waals surface area contributed by atoms with Crippen molar-refractivity contribution in [3.63, 3.8) is 0 Å². The number of rotatable bonds is 0. The van der Waals surface area contributed by atoms with Gasteiger partial charge >= 0.3 is 0 Å². The van der Waals surface area contributed by atoms with Gasteiger partial charge in [0.05, 0.1) is 0 Å². The summed E-state index contributed by atoms with van der Waals surface area (Å²) in [5.41, 5.74) is 0. The van der Waals surface area contributed by atoms with Crippen LogP contribution in [0.5, 0.6) is 5.75 Å². The molecule has 0 aromatic heterocycles. The van der Waals surface area contributed by atoms with Gasteiger partial charge in [0.15, 0.2) is 0 Å². The number of carboxylic acids is 2. The van der Waals surface area contributed by atoms with Crippen LogP contribution in [0, 0.1) is 0 Å². The Morgan fingerprint density at radius 1 is 0.933 bits per heavy atom. The summed E-state index contributed by atoms with van der Waals surface area (Å²) >= 11 is 0. The van der Waals surface area contributed by atoms with Gasteiger partial charge in [0.25, 0.3) is 11.9 Å². The van der Waals surface area contributed by atoms with E-state index in [9.17, 15) is 0 Å². The number of hydrogen-bond donors (Lipinski definition) is 3. The Kier molecular flexibility index (Phi) is 10.3. The molecule has 0 amide bonds. The smallest absolute Gasteiger partial charge is 0.300 e. The predicted molar refractivity (Wildman–Crippen MR) is 54.7 cm³/mol. The molecule has 15 heavy (non-hydrogen) atoms. The first kappa shape index (κ1) is 15.4. The number of para-hydroxylation sites is 1. The van der Waals surface area contributed by atoms with Crippen LogP contribution in [0.3, 0.4) is 0 Å². The molecule has 0 radical (unpaired) electrons. The molecule has 0 aliphatic rings. The molecule has 0 unspecified atom stereocenters. The molecule has 0 saturated carbocycles. The second kappa shape index (κ2) is 10.0. The summed E-state index contributed by atoms with van der Waals surface area (Å²) in [5.74, 6) is -1.34. The van der Waals surface area contributed by atoms with Crippen molar-refractivity contribution >= 4 is 11.9 Å². The molecule has 0 aliphatic heterocycles. The van der Waals surface area contributed by atoms with Crippen molar-refractivity contribution in [1.29, 1.82) is 0 Å². The number of aromatic hydroxyl groups is 1. The van der Waals surface area contributed by atoms with Gasteiger partial charge in [0.1, 0.15) is 5.75 Å². The van der Waals surface area contributed by atoms with Crippen molar-refractivity contribution in [2.45, 2.75) is 13.8 Å². The maximum absolute atomic E-state index is 9.00. The molecule has 1 rings (SSSR count). The third kappa shape index (κ3) is 33.4. The maximum atomic E-state index is 9.00. The van der Waals surface area contributed by atoms with E-state index >= 15 is 0 Å². The van der Waals surface area contributed by atoms with Crippen LogP contribution in [0.15, 0.2) is 30.3 Å². The van der Waals surface area contributed by atoms with E-state index in [1.54, 1.807) is 24.3 Å². The monoisotopic (exact) mass is 214 g/mol. The molecule has 3 N–H and O–H groups in total. The molecule has 5 heteroatoms. The van der Waals surface area contributed by atoms with E-state index in [0.717, 1.165) is 13.8 Å². The first-order valence-electron chi connectivity index (χ1n) is 3.99. The van der Waals surface area contributed by atoms with Crippen LogP contribution in [0.25, 0.3) is 0 Å². The zero-order valence-electron chi connectivity index (χ0n) is 8.54. The summed E-state index contributed by atoms with van der Waals surface area (Å²) in [4.78, 5) is 18.0. The SMILES string of the molecule is CC(=O)O.CC(=O)O.Oc1ccccc1. The lowest BCUT2D eigenvalue weighted by Gasteiger charge is -1.82. The number of hydrogen-bond acceptors (Lipinski definition) is 3. The lowest BCUT2D eigenvalue weighted by molar-refractivity contribution is -0.135. The highest BCUT2D eigenvalue weighted by atomic mass is 16.4. The minimum absolute atomic E-state index is 0.322. The second-order valence-electron chi connectivity index (χ2n) is 2.37. The second-order valence-corrected chi connectivity index (χ2v) is 2.37. The van der Waals surface area contributed by atoms with E-state index in [1.807, 2.05) is 6.07 Å². The molecule has 0 spiro atoms. The summed E-state index contributed by atoms with van der Waals surface area (Å²) in [7, 11) is 0. The van der Waals surface area contributed by atoms with E-state index in [-0.39, 0.29) is 0 Å².